The van der Waals surface area contributed by atoms with Crippen LogP contribution in [0, 0.1) is 0 Å². The van der Waals surface area contributed by atoms with Gasteiger partial charge in [-0.25, -0.2) is 14.6 Å². The highest BCUT2D eigenvalue weighted by atomic mass is 16.6. The first kappa shape index (κ1) is 30.3. The first-order valence-electron chi connectivity index (χ1n) is 16.1. The number of benzene rings is 1. The molecule has 5 heterocycles. The van der Waals surface area contributed by atoms with Crippen molar-refractivity contribution in [2.45, 2.75) is 91.0 Å². The number of aromatic nitrogens is 2. The number of aryl methyl sites for hydroxylation is 1. The van der Waals surface area contributed by atoms with Crippen molar-refractivity contribution >= 4 is 23.0 Å². The van der Waals surface area contributed by atoms with E-state index in [0.29, 0.717) is 60.4 Å². The Bertz CT molecular complexity index is 1670. The van der Waals surface area contributed by atoms with Crippen molar-refractivity contribution in [3.8, 4) is 17.1 Å². The van der Waals surface area contributed by atoms with Gasteiger partial charge in [-0.05, 0) is 75.0 Å². The van der Waals surface area contributed by atoms with E-state index in [4.69, 9.17) is 14.5 Å². The number of ether oxygens (including phenoxy) is 2. The molecule has 44 heavy (non-hydrogen) atoms. The Morgan fingerprint density at radius 1 is 1.14 bits per heavy atom. The van der Waals surface area contributed by atoms with Crippen LogP contribution in [0.15, 0.2) is 29.1 Å². The fourth-order valence-electron chi connectivity index (χ4n) is 7.15. The number of nitrogens with zero attached hydrogens (tertiary/aromatic N) is 4. The second-order valence-electron chi connectivity index (χ2n) is 12.1. The maximum atomic E-state index is 13.6. The van der Waals surface area contributed by atoms with Crippen LogP contribution in [0.1, 0.15) is 82.1 Å². The fraction of sp³-hybridized carbons (Fsp3) is 0.529. The van der Waals surface area contributed by atoms with Crippen molar-refractivity contribution in [2.24, 2.45) is 0 Å². The van der Waals surface area contributed by atoms with Gasteiger partial charge < -0.3 is 28.9 Å². The summed E-state index contributed by atoms with van der Waals surface area (Å²) in [5.74, 6) is -0.275. The molecule has 2 aromatic heterocycles. The molecular formula is C34H42N4O6. The van der Waals surface area contributed by atoms with Gasteiger partial charge in [0.05, 0.1) is 29.0 Å². The minimum atomic E-state index is -1.87. The van der Waals surface area contributed by atoms with E-state index in [1.807, 2.05) is 12.1 Å². The van der Waals surface area contributed by atoms with E-state index in [1.54, 1.807) is 28.5 Å². The molecule has 3 aromatic rings. The summed E-state index contributed by atoms with van der Waals surface area (Å²) in [6, 6.07) is 7.70. The first-order chi connectivity index (χ1) is 21.2. The van der Waals surface area contributed by atoms with E-state index in [-0.39, 0.29) is 24.7 Å². The molecule has 0 radical (unpaired) electrons. The van der Waals surface area contributed by atoms with Gasteiger partial charge in [-0.1, -0.05) is 34.1 Å². The van der Waals surface area contributed by atoms with Gasteiger partial charge >= 0.3 is 12.1 Å². The summed E-state index contributed by atoms with van der Waals surface area (Å²) >= 11 is 0. The van der Waals surface area contributed by atoms with Gasteiger partial charge in [0.25, 0.3) is 5.56 Å². The third kappa shape index (κ3) is 4.98. The van der Waals surface area contributed by atoms with Gasteiger partial charge in [-0.3, -0.25) is 4.79 Å². The van der Waals surface area contributed by atoms with Crippen molar-refractivity contribution in [1.29, 1.82) is 0 Å². The van der Waals surface area contributed by atoms with Crippen molar-refractivity contribution < 1.29 is 24.2 Å². The highest BCUT2D eigenvalue weighted by molar-refractivity contribution is 5.90. The van der Waals surface area contributed by atoms with Crippen molar-refractivity contribution in [3.05, 3.63) is 56.9 Å². The van der Waals surface area contributed by atoms with Crippen molar-refractivity contribution in [2.75, 3.05) is 26.2 Å². The van der Waals surface area contributed by atoms with Gasteiger partial charge in [-0.15, -0.1) is 0 Å². The molecule has 3 aliphatic heterocycles. The van der Waals surface area contributed by atoms with Crippen LogP contribution < -0.4 is 10.3 Å². The van der Waals surface area contributed by atoms with E-state index >= 15 is 0 Å². The number of amides is 1. The molecule has 6 rings (SSSR count). The van der Waals surface area contributed by atoms with Crippen LogP contribution in [-0.2, 0) is 34.7 Å². The second kappa shape index (κ2) is 12.0. The largest absolute Gasteiger partial charge is 0.458 e. The number of aliphatic hydroxyl groups is 1. The van der Waals surface area contributed by atoms with Gasteiger partial charge in [0, 0.05) is 35.6 Å². The quantitative estimate of drug-likeness (QED) is 0.288. The van der Waals surface area contributed by atoms with Crippen LogP contribution in [0.5, 0.6) is 5.75 Å². The van der Waals surface area contributed by atoms with Crippen LogP contribution in [0.3, 0.4) is 0 Å². The molecule has 3 aliphatic rings. The molecular weight excluding hydrogens is 560 g/mol. The molecule has 10 nitrogen and oxygen atoms in total. The van der Waals surface area contributed by atoms with E-state index in [2.05, 4.69) is 25.7 Å². The number of cyclic esters (lactones) is 1. The van der Waals surface area contributed by atoms with Crippen LogP contribution in [-0.4, -0.2) is 68.7 Å². The molecule has 0 saturated carbocycles. The van der Waals surface area contributed by atoms with Gasteiger partial charge in [-0.2, -0.15) is 0 Å². The normalized spacial score (nSPS) is 19.6. The Morgan fingerprint density at radius 2 is 1.91 bits per heavy atom. The smallest absolute Gasteiger partial charge is 0.415 e. The number of fused-ring (bicyclic) bond motifs is 5. The number of carbonyl (C=O) groups is 2. The molecule has 1 amide bonds. The molecule has 234 valence electrons. The zero-order chi connectivity index (χ0) is 31.2. The third-order valence-corrected chi connectivity index (χ3v) is 9.78. The third-order valence-electron chi connectivity index (χ3n) is 9.78. The van der Waals surface area contributed by atoms with Crippen molar-refractivity contribution in [1.82, 2.24) is 19.4 Å². The Hall–Kier alpha value is -3.76. The molecule has 1 aromatic carbocycles. The molecule has 1 N–H and O–H groups in total. The lowest BCUT2D eigenvalue weighted by molar-refractivity contribution is -0.172. The summed E-state index contributed by atoms with van der Waals surface area (Å²) in [6.07, 6.45) is 4.70. The fourth-order valence-corrected chi connectivity index (χ4v) is 7.15. The van der Waals surface area contributed by atoms with Crippen molar-refractivity contribution in [3.63, 3.8) is 0 Å². The maximum absolute atomic E-state index is 13.6. The lowest BCUT2D eigenvalue weighted by Crippen LogP contribution is -2.47. The highest BCUT2D eigenvalue weighted by Crippen LogP contribution is 2.40. The minimum Gasteiger partial charge on any atom is -0.458 e. The number of pyridine rings is 2. The lowest BCUT2D eigenvalue weighted by atomic mass is 9.86. The van der Waals surface area contributed by atoms with E-state index in [9.17, 15) is 19.5 Å². The Labute approximate surface area is 257 Å². The lowest BCUT2D eigenvalue weighted by Gasteiger charge is -2.37. The second-order valence-corrected chi connectivity index (χ2v) is 12.1. The van der Waals surface area contributed by atoms with E-state index < -0.39 is 11.6 Å². The van der Waals surface area contributed by atoms with Gasteiger partial charge in [0.1, 0.15) is 12.4 Å². The van der Waals surface area contributed by atoms with Crippen LogP contribution in [0.4, 0.5) is 4.79 Å². The molecule has 1 fully saturated rings. The Balaban J connectivity index is 1.26. The summed E-state index contributed by atoms with van der Waals surface area (Å²) in [7, 11) is 0. The number of hydrogen-bond acceptors (Lipinski definition) is 8. The zero-order valence-corrected chi connectivity index (χ0v) is 26.1. The summed E-state index contributed by atoms with van der Waals surface area (Å²) < 4.78 is 12.7. The molecule has 0 unspecified atom stereocenters. The average Bonchev–Trinajstić information content (AvgIpc) is 3.41. The molecule has 0 spiro atoms. The van der Waals surface area contributed by atoms with E-state index in [1.165, 1.54) is 12.8 Å². The van der Waals surface area contributed by atoms with Crippen LogP contribution in [0.25, 0.3) is 22.3 Å². The standard InChI is InChI=1S/C34H42N4O6/c1-5-9-14-36(8-4)21-12-15-37(16-13-21)33(41)44-22-10-11-28-24(17-22)23(6-2)25-19-38-29(30(25)35-28)18-27-26(31(38)39)20-43-32(40)34(27,42)7-3/h10-11,17-18,21,42H,5-9,12-16,19-20H2,1-4H3/t34-/m0/s1. The predicted octanol–water partition coefficient (Wildman–Crippen LogP) is 4.73. The van der Waals surface area contributed by atoms with E-state index in [0.717, 1.165) is 48.0 Å². The first-order valence-corrected chi connectivity index (χ1v) is 16.1. The number of likely N-dealkylation sites (tertiary alicyclic amines) is 1. The number of hydrogen-bond donors (Lipinski definition) is 1. The number of rotatable bonds is 8. The Morgan fingerprint density at radius 3 is 2.59 bits per heavy atom. The number of esters is 1. The molecule has 10 heteroatoms. The predicted molar refractivity (Wildman–Crippen MR) is 167 cm³/mol. The summed E-state index contributed by atoms with van der Waals surface area (Å²) in [5.41, 5.74) is 2.36. The molecule has 0 bridgehead atoms. The van der Waals surface area contributed by atoms with Gasteiger partial charge in [0.15, 0.2) is 5.60 Å². The Kier molecular flexibility index (Phi) is 8.24. The SMILES string of the molecule is CCCCN(CC)C1CCN(C(=O)Oc2ccc3nc4c(c(CC)c3c2)Cn2c-4cc3c(c2=O)COC(=O)[C@]3(O)CC)CC1. The topological polar surface area (TPSA) is 114 Å². The number of carbonyl (C=O) groups excluding carboxylic acids is 2. The maximum Gasteiger partial charge on any atom is 0.415 e. The number of piperidine rings is 1. The summed E-state index contributed by atoms with van der Waals surface area (Å²) in [6.45, 7) is 11.8. The highest BCUT2D eigenvalue weighted by Gasteiger charge is 2.45. The molecule has 0 aliphatic carbocycles. The van der Waals surface area contributed by atoms with Crippen LogP contribution >= 0.6 is 0 Å². The number of unbranched alkanes of at least 4 members (excludes halogenated alkanes) is 1. The minimum absolute atomic E-state index is 0.0928. The average molecular weight is 603 g/mol. The summed E-state index contributed by atoms with van der Waals surface area (Å²) in [4.78, 5) is 48.5. The zero-order valence-electron chi connectivity index (χ0n) is 26.1. The summed E-state index contributed by atoms with van der Waals surface area (Å²) in [5, 5.41) is 12.0. The molecule has 1 atom stereocenters. The molecule has 1 saturated heterocycles. The van der Waals surface area contributed by atoms with Crippen LogP contribution in [0.2, 0.25) is 0 Å². The van der Waals surface area contributed by atoms with Gasteiger partial charge in [0.2, 0.25) is 0 Å². The monoisotopic (exact) mass is 602 g/mol.